The van der Waals surface area contributed by atoms with Crippen LogP contribution in [0.2, 0.25) is 0 Å². The van der Waals surface area contributed by atoms with Crippen LogP contribution in [0.3, 0.4) is 0 Å². The third kappa shape index (κ3) is 5.44. The molecule has 1 N–H and O–H groups in total. The quantitative estimate of drug-likeness (QED) is 0.761. The highest BCUT2D eigenvalue weighted by Crippen LogP contribution is 2.17. The Balaban J connectivity index is 1.91. The van der Waals surface area contributed by atoms with Gasteiger partial charge in [0, 0.05) is 5.69 Å². The van der Waals surface area contributed by atoms with Crippen LogP contribution in [0.1, 0.15) is 17.3 Å². The standard InChI is InChI=1S/C18H17F2NO5/c1-11(16(22)21-13-5-9-14(24-2)10-6-13)25-17(23)12-3-7-15(8-4-12)26-18(19)20/h3-11,18H,1-2H3,(H,21,22)/t11-/m0/s1. The first kappa shape index (κ1) is 19.2. The van der Waals surface area contributed by atoms with Crippen LogP contribution in [0.25, 0.3) is 0 Å². The summed E-state index contributed by atoms with van der Waals surface area (Å²) in [6, 6.07) is 11.6. The number of esters is 1. The molecule has 8 heteroatoms. The summed E-state index contributed by atoms with van der Waals surface area (Å²) in [4.78, 5) is 24.1. The highest BCUT2D eigenvalue weighted by Gasteiger charge is 2.19. The molecule has 2 rings (SSSR count). The first-order chi connectivity index (χ1) is 12.4. The predicted molar refractivity (Wildman–Crippen MR) is 89.6 cm³/mol. The van der Waals surface area contributed by atoms with Gasteiger partial charge in [-0.1, -0.05) is 0 Å². The number of methoxy groups -OCH3 is 1. The minimum absolute atomic E-state index is 0.0816. The van der Waals surface area contributed by atoms with E-state index in [1.54, 1.807) is 24.3 Å². The van der Waals surface area contributed by atoms with Crippen molar-refractivity contribution in [2.45, 2.75) is 19.6 Å². The van der Waals surface area contributed by atoms with E-state index in [0.717, 1.165) is 0 Å². The second-order valence-corrected chi connectivity index (χ2v) is 5.17. The van der Waals surface area contributed by atoms with Crippen molar-refractivity contribution >= 4 is 17.6 Å². The molecule has 0 aliphatic heterocycles. The Labute approximate surface area is 148 Å². The van der Waals surface area contributed by atoms with E-state index in [9.17, 15) is 18.4 Å². The van der Waals surface area contributed by atoms with Gasteiger partial charge in [-0.2, -0.15) is 8.78 Å². The maximum Gasteiger partial charge on any atom is 0.387 e. The molecule has 0 aliphatic carbocycles. The summed E-state index contributed by atoms with van der Waals surface area (Å²) in [6.07, 6.45) is -1.05. The largest absolute Gasteiger partial charge is 0.497 e. The summed E-state index contributed by atoms with van der Waals surface area (Å²) in [7, 11) is 1.53. The average molecular weight is 365 g/mol. The van der Waals surface area contributed by atoms with Crippen LogP contribution in [0.4, 0.5) is 14.5 Å². The van der Waals surface area contributed by atoms with Gasteiger partial charge < -0.3 is 19.5 Å². The van der Waals surface area contributed by atoms with Crippen molar-refractivity contribution in [2.75, 3.05) is 12.4 Å². The number of rotatable bonds is 7. The highest BCUT2D eigenvalue weighted by atomic mass is 19.3. The number of nitrogens with one attached hydrogen (secondary N) is 1. The zero-order chi connectivity index (χ0) is 19.1. The molecule has 1 amide bonds. The first-order valence-corrected chi connectivity index (χ1v) is 7.60. The van der Waals surface area contributed by atoms with Crippen LogP contribution in [-0.4, -0.2) is 31.7 Å². The number of amides is 1. The van der Waals surface area contributed by atoms with Gasteiger partial charge >= 0.3 is 12.6 Å². The predicted octanol–water partition coefficient (Wildman–Crippen LogP) is 3.48. The normalized spacial score (nSPS) is 11.6. The van der Waals surface area contributed by atoms with Gasteiger partial charge in [0.2, 0.25) is 0 Å². The first-order valence-electron chi connectivity index (χ1n) is 7.60. The summed E-state index contributed by atoms with van der Waals surface area (Å²) in [5.41, 5.74) is 0.628. The molecule has 0 bridgehead atoms. The van der Waals surface area contributed by atoms with E-state index in [-0.39, 0.29) is 11.3 Å². The number of alkyl halides is 2. The molecule has 0 saturated heterocycles. The number of ether oxygens (including phenoxy) is 3. The van der Waals surface area contributed by atoms with Crippen molar-refractivity contribution < 1.29 is 32.6 Å². The maximum absolute atomic E-state index is 12.1. The number of halogens is 2. The minimum Gasteiger partial charge on any atom is -0.497 e. The Morgan fingerprint density at radius 2 is 1.54 bits per heavy atom. The van der Waals surface area contributed by atoms with E-state index >= 15 is 0 Å². The molecular weight excluding hydrogens is 348 g/mol. The van der Waals surface area contributed by atoms with Crippen LogP contribution in [-0.2, 0) is 9.53 Å². The Hall–Kier alpha value is -3.16. The number of benzene rings is 2. The third-order valence-electron chi connectivity index (χ3n) is 3.33. The Morgan fingerprint density at radius 3 is 2.08 bits per heavy atom. The monoisotopic (exact) mass is 365 g/mol. The van der Waals surface area contributed by atoms with Crippen molar-refractivity contribution in [1.82, 2.24) is 0 Å². The number of carbonyl (C=O) groups is 2. The zero-order valence-corrected chi connectivity index (χ0v) is 14.1. The smallest absolute Gasteiger partial charge is 0.387 e. The van der Waals surface area contributed by atoms with Gasteiger partial charge in [-0.15, -0.1) is 0 Å². The van der Waals surface area contributed by atoms with Gasteiger partial charge in [-0.05, 0) is 55.5 Å². The van der Waals surface area contributed by atoms with E-state index in [1.807, 2.05) is 0 Å². The summed E-state index contributed by atoms with van der Waals surface area (Å²) >= 11 is 0. The van der Waals surface area contributed by atoms with Crippen LogP contribution in [0, 0.1) is 0 Å². The van der Waals surface area contributed by atoms with Crippen molar-refractivity contribution in [3.63, 3.8) is 0 Å². The summed E-state index contributed by atoms with van der Waals surface area (Å²) in [6.45, 7) is -1.53. The molecule has 0 aliphatic rings. The summed E-state index contributed by atoms with van der Waals surface area (Å²) < 4.78 is 38.5. The number of carbonyl (C=O) groups excluding carboxylic acids is 2. The Kier molecular flexibility index (Phi) is 6.48. The van der Waals surface area contributed by atoms with Crippen LogP contribution < -0.4 is 14.8 Å². The lowest BCUT2D eigenvalue weighted by Gasteiger charge is -2.14. The molecule has 6 nitrogen and oxygen atoms in total. The highest BCUT2D eigenvalue weighted by molar-refractivity contribution is 5.97. The maximum atomic E-state index is 12.1. The van der Waals surface area contributed by atoms with E-state index in [1.165, 1.54) is 38.3 Å². The third-order valence-corrected chi connectivity index (χ3v) is 3.33. The van der Waals surface area contributed by atoms with Gasteiger partial charge in [0.25, 0.3) is 5.91 Å². The van der Waals surface area contributed by atoms with Crippen LogP contribution >= 0.6 is 0 Å². The molecule has 2 aromatic rings. The van der Waals surface area contributed by atoms with Crippen molar-refractivity contribution in [3.8, 4) is 11.5 Å². The fraction of sp³-hybridized carbons (Fsp3) is 0.222. The molecule has 0 heterocycles. The number of anilines is 1. The molecule has 0 spiro atoms. The SMILES string of the molecule is COc1ccc(NC(=O)[C@H](C)OC(=O)c2ccc(OC(F)F)cc2)cc1. The molecule has 138 valence electrons. The van der Waals surface area contributed by atoms with Gasteiger partial charge in [0.15, 0.2) is 6.10 Å². The summed E-state index contributed by atoms with van der Waals surface area (Å²) in [5, 5.41) is 2.61. The molecule has 0 unspecified atom stereocenters. The fourth-order valence-corrected chi connectivity index (χ4v) is 1.97. The van der Waals surface area contributed by atoms with Crippen molar-refractivity contribution in [1.29, 1.82) is 0 Å². The van der Waals surface area contributed by atoms with Crippen molar-refractivity contribution in [3.05, 3.63) is 54.1 Å². The Morgan fingerprint density at radius 1 is 0.962 bits per heavy atom. The minimum atomic E-state index is -2.95. The van der Waals surface area contributed by atoms with Crippen LogP contribution in [0.15, 0.2) is 48.5 Å². The molecule has 2 aromatic carbocycles. The van der Waals surface area contributed by atoms with Gasteiger partial charge in [-0.3, -0.25) is 4.79 Å². The average Bonchev–Trinajstić information content (AvgIpc) is 2.62. The second-order valence-electron chi connectivity index (χ2n) is 5.17. The lowest BCUT2D eigenvalue weighted by Crippen LogP contribution is -2.30. The van der Waals surface area contributed by atoms with E-state index in [4.69, 9.17) is 9.47 Å². The molecule has 0 fully saturated rings. The van der Waals surface area contributed by atoms with Crippen LogP contribution in [0.5, 0.6) is 11.5 Å². The van der Waals surface area contributed by atoms with Crippen molar-refractivity contribution in [2.24, 2.45) is 0 Å². The lowest BCUT2D eigenvalue weighted by atomic mass is 10.2. The molecule has 26 heavy (non-hydrogen) atoms. The number of hydrogen-bond donors (Lipinski definition) is 1. The Bertz CT molecular complexity index is 747. The zero-order valence-electron chi connectivity index (χ0n) is 14.1. The van der Waals surface area contributed by atoms with E-state index < -0.39 is 24.6 Å². The molecule has 0 radical (unpaired) electrons. The number of hydrogen-bond acceptors (Lipinski definition) is 5. The molecule has 0 saturated carbocycles. The van der Waals surface area contributed by atoms with E-state index in [2.05, 4.69) is 10.1 Å². The lowest BCUT2D eigenvalue weighted by molar-refractivity contribution is -0.123. The van der Waals surface area contributed by atoms with E-state index in [0.29, 0.717) is 11.4 Å². The topological polar surface area (TPSA) is 73.9 Å². The molecule has 0 aromatic heterocycles. The van der Waals surface area contributed by atoms with Gasteiger partial charge in [-0.25, -0.2) is 4.79 Å². The second kappa shape index (κ2) is 8.80. The fourth-order valence-electron chi connectivity index (χ4n) is 1.97. The van der Waals surface area contributed by atoms with Gasteiger partial charge in [0.1, 0.15) is 11.5 Å². The summed E-state index contributed by atoms with van der Waals surface area (Å²) in [5.74, 6) is -0.712. The van der Waals surface area contributed by atoms with Gasteiger partial charge in [0.05, 0.1) is 12.7 Å². The molecular formula is C18H17F2NO5. The molecule has 1 atom stereocenters.